The van der Waals surface area contributed by atoms with E-state index in [9.17, 15) is 8.78 Å². The Kier molecular flexibility index (Phi) is 10.3. The molecule has 0 amide bonds. The Morgan fingerprint density at radius 3 is 2.79 bits per heavy atom. The highest BCUT2D eigenvalue weighted by atomic mass is 19.2. The van der Waals surface area contributed by atoms with Crippen LogP contribution in [0, 0.1) is 17.6 Å². The van der Waals surface area contributed by atoms with E-state index in [1.807, 2.05) is 6.08 Å². The summed E-state index contributed by atoms with van der Waals surface area (Å²) in [5, 5.41) is 0. The molecule has 0 aromatic heterocycles. The molecule has 0 saturated heterocycles. The van der Waals surface area contributed by atoms with E-state index in [1.54, 1.807) is 6.21 Å². The second kappa shape index (κ2) is 14.5. The number of rotatable bonds is 7. The second-order valence-corrected chi connectivity index (χ2v) is 11.5. The Morgan fingerprint density at radius 2 is 1.90 bits per heavy atom. The van der Waals surface area contributed by atoms with Crippen LogP contribution < -0.4 is 0 Å². The lowest BCUT2D eigenvalue weighted by molar-refractivity contribution is 0.196. The number of ether oxygens (including phenoxy) is 1. The summed E-state index contributed by atoms with van der Waals surface area (Å²) in [6.07, 6.45) is 25.8. The zero-order chi connectivity index (χ0) is 29.3. The van der Waals surface area contributed by atoms with Crippen molar-refractivity contribution < 1.29 is 13.5 Å². The SMILES string of the molecule is CCCCC1=CCCCC=C(C2=C(C)CCOC(CC3CCC=C4N=C(c5cccc(F)c5F)N=C4C=NC3)=C2)C=C1. The number of allylic oxidation sites excluding steroid dienone is 11. The van der Waals surface area contributed by atoms with Crippen LogP contribution >= 0.6 is 0 Å². The van der Waals surface area contributed by atoms with E-state index < -0.39 is 11.6 Å². The molecule has 4 aliphatic rings. The molecule has 0 saturated carbocycles. The lowest BCUT2D eigenvalue weighted by Gasteiger charge is -2.16. The average Bonchev–Trinajstić information content (AvgIpc) is 3.37. The fourth-order valence-corrected chi connectivity index (χ4v) is 5.70. The van der Waals surface area contributed by atoms with Gasteiger partial charge >= 0.3 is 0 Å². The van der Waals surface area contributed by atoms with Crippen molar-refractivity contribution in [3.05, 3.63) is 106 Å². The van der Waals surface area contributed by atoms with Crippen molar-refractivity contribution in [3.8, 4) is 0 Å². The van der Waals surface area contributed by atoms with Gasteiger partial charge in [-0.1, -0.05) is 60.9 Å². The predicted molar refractivity (Wildman–Crippen MR) is 169 cm³/mol. The molecule has 6 heteroatoms. The molecular weight excluding hydrogens is 528 g/mol. The van der Waals surface area contributed by atoms with Crippen molar-refractivity contribution in [2.45, 2.75) is 78.1 Å². The molecule has 1 aromatic rings. The Labute approximate surface area is 248 Å². The predicted octanol–water partition coefficient (Wildman–Crippen LogP) is 9.32. The molecule has 1 unspecified atom stereocenters. The molecule has 220 valence electrons. The van der Waals surface area contributed by atoms with E-state index in [0.717, 1.165) is 56.8 Å². The van der Waals surface area contributed by atoms with Crippen LogP contribution in [0.5, 0.6) is 0 Å². The minimum absolute atomic E-state index is 0.0638. The molecule has 5 rings (SSSR count). The van der Waals surface area contributed by atoms with Crippen molar-refractivity contribution in [2.75, 3.05) is 13.2 Å². The van der Waals surface area contributed by atoms with Gasteiger partial charge in [-0.25, -0.2) is 18.8 Å². The average molecular weight is 570 g/mol. The molecule has 1 aliphatic carbocycles. The number of halogens is 2. The quantitative estimate of drug-likeness (QED) is 0.323. The highest BCUT2D eigenvalue weighted by Crippen LogP contribution is 2.31. The van der Waals surface area contributed by atoms with Crippen LogP contribution in [0.3, 0.4) is 0 Å². The first-order chi connectivity index (χ1) is 20.5. The number of amidine groups is 1. The van der Waals surface area contributed by atoms with Gasteiger partial charge in [0, 0.05) is 25.6 Å². The molecule has 1 atom stereocenters. The maximum absolute atomic E-state index is 14.3. The summed E-state index contributed by atoms with van der Waals surface area (Å²) >= 11 is 0. The first-order valence-electron chi connectivity index (χ1n) is 15.4. The zero-order valence-corrected chi connectivity index (χ0v) is 24.8. The number of benzene rings is 1. The molecular formula is C36H41F2N3O. The maximum atomic E-state index is 14.3. The summed E-state index contributed by atoms with van der Waals surface area (Å²) in [5.74, 6) is -0.328. The first kappa shape index (κ1) is 29.8. The molecule has 4 nitrogen and oxygen atoms in total. The standard InChI is InChI=1S/C36H41F2N3O/c1-3-4-10-26-11-6-5-7-13-28(18-17-26)31-22-29(42-20-19-25(31)2)21-27-12-8-16-33-34(24-39-23-27)41-36(40-33)30-14-9-15-32(37)35(30)38/h9,11,13-18,22,24,27H,3-8,10,12,19-21,23H2,1-2H3. The molecule has 1 aromatic carbocycles. The summed E-state index contributed by atoms with van der Waals surface area (Å²) < 4.78 is 34.4. The summed E-state index contributed by atoms with van der Waals surface area (Å²) in [4.78, 5) is 13.7. The minimum Gasteiger partial charge on any atom is -0.498 e. The van der Waals surface area contributed by atoms with Crippen molar-refractivity contribution >= 4 is 17.8 Å². The summed E-state index contributed by atoms with van der Waals surface area (Å²) in [7, 11) is 0. The second-order valence-electron chi connectivity index (χ2n) is 11.5. The molecule has 3 aliphatic heterocycles. The van der Waals surface area contributed by atoms with Crippen LogP contribution in [0.2, 0.25) is 0 Å². The summed E-state index contributed by atoms with van der Waals surface area (Å²) in [6, 6.07) is 4.06. The fourth-order valence-electron chi connectivity index (χ4n) is 5.70. The van der Waals surface area contributed by atoms with Crippen molar-refractivity contribution in [2.24, 2.45) is 20.9 Å². The topological polar surface area (TPSA) is 46.3 Å². The Bertz CT molecular complexity index is 1450. The van der Waals surface area contributed by atoms with Gasteiger partial charge in [-0.15, -0.1) is 0 Å². The third-order valence-electron chi connectivity index (χ3n) is 8.20. The van der Waals surface area contributed by atoms with Gasteiger partial charge in [0.15, 0.2) is 17.5 Å². The van der Waals surface area contributed by atoms with Gasteiger partial charge in [0.25, 0.3) is 0 Å². The summed E-state index contributed by atoms with van der Waals surface area (Å²) in [6.45, 7) is 5.80. The van der Waals surface area contributed by atoms with E-state index >= 15 is 0 Å². The molecule has 0 bridgehead atoms. The van der Waals surface area contributed by atoms with E-state index in [-0.39, 0.29) is 11.4 Å². The van der Waals surface area contributed by atoms with Gasteiger partial charge in [0.05, 0.1) is 23.6 Å². The van der Waals surface area contributed by atoms with Crippen LogP contribution in [0.1, 0.15) is 83.6 Å². The van der Waals surface area contributed by atoms with Gasteiger partial charge in [0.2, 0.25) is 0 Å². The Hall–Kier alpha value is -3.67. The lowest BCUT2D eigenvalue weighted by Crippen LogP contribution is -2.09. The minimum atomic E-state index is -0.931. The van der Waals surface area contributed by atoms with Crippen LogP contribution in [0.25, 0.3) is 0 Å². The maximum Gasteiger partial charge on any atom is 0.169 e. The zero-order valence-electron chi connectivity index (χ0n) is 24.8. The highest BCUT2D eigenvalue weighted by molar-refractivity contribution is 6.42. The van der Waals surface area contributed by atoms with Gasteiger partial charge in [0.1, 0.15) is 5.71 Å². The van der Waals surface area contributed by atoms with Crippen molar-refractivity contribution in [1.82, 2.24) is 0 Å². The number of unbranched alkanes of at least 4 members (excludes halogenated alkanes) is 1. The molecule has 0 radical (unpaired) electrons. The number of aliphatic imine (C=N–C) groups is 3. The Morgan fingerprint density at radius 1 is 1.02 bits per heavy atom. The van der Waals surface area contributed by atoms with Crippen LogP contribution in [0.4, 0.5) is 8.78 Å². The molecule has 0 spiro atoms. The van der Waals surface area contributed by atoms with Gasteiger partial charge < -0.3 is 4.74 Å². The van der Waals surface area contributed by atoms with E-state index in [4.69, 9.17) is 9.73 Å². The lowest BCUT2D eigenvalue weighted by atomic mass is 9.93. The molecule has 42 heavy (non-hydrogen) atoms. The number of hydrogen-bond donors (Lipinski definition) is 0. The monoisotopic (exact) mass is 569 g/mol. The van der Waals surface area contributed by atoms with Crippen molar-refractivity contribution in [3.63, 3.8) is 0 Å². The van der Waals surface area contributed by atoms with E-state index in [2.05, 4.69) is 54.2 Å². The van der Waals surface area contributed by atoms with Crippen LogP contribution in [0.15, 0.2) is 103 Å². The smallest absolute Gasteiger partial charge is 0.169 e. The fraction of sp³-hybridized carbons (Fsp3) is 0.417. The number of nitrogens with zero attached hydrogens (tertiary/aromatic N) is 3. The van der Waals surface area contributed by atoms with E-state index in [1.165, 1.54) is 53.7 Å². The number of hydrogen-bond acceptors (Lipinski definition) is 4. The normalized spacial score (nSPS) is 21.5. The largest absolute Gasteiger partial charge is 0.498 e. The van der Waals surface area contributed by atoms with Gasteiger partial charge in [-0.2, -0.15) is 0 Å². The molecule has 0 N–H and O–H groups in total. The van der Waals surface area contributed by atoms with E-state index in [0.29, 0.717) is 30.5 Å². The molecule has 3 heterocycles. The van der Waals surface area contributed by atoms with Crippen molar-refractivity contribution in [1.29, 1.82) is 0 Å². The highest BCUT2D eigenvalue weighted by Gasteiger charge is 2.22. The van der Waals surface area contributed by atoms with Gasteiger partial charge in [-0.05, 0) is 87.1 Å². The molecule has 0 fully saturated rings. The third-order valence-corrected chi connectivity index (χ3v) is 8.20. The van der Waals surface area contributed by atoms with Crippen LogP contribution in [-0.4, -0.2) is 30.9 Å². The Balaban J connectivity index is 1.30. The third kappa shape index (κ3) is 7.58. The van der Waals surface area contributed by atoms with Crippen LogP contribution in [-0.2, 0) is 4.74 Å². The van der Waals surface area contributed by atoms with Gasteiger partial charge in [-0.3, -0.25) is 4.99 Å². The first-order valence-corrected chi connectivity index (χ1v) is 15.4. The number of fused-ring (bicyclic) bond motifs is 1. The summed E-state index contributed by atoms with van der Waals surface area (Å²) in [5.41, 5.74) is 6.72.